The fraction of sp³-hybridized carbons (Fsp3) is 0.154. The summed E-state index contributed by atoms with van der Waals surface area (Å²) in [4.78, 5) is 25.0. The fourth-order valence-electron chi connectivity index (χ4n) is 3.57. The van der Waals surface area contributed by atoms with Crippen molar-refractivity contribution in [3.05, 3.63) is 112 Å². The lowest BCUT2D eigenvalue weighted by Gasteiger charge is -2.28. The standard InChI is InChI=1S/C26H23ClN2O4/c1-17-23(25(30)33-15-18-6-3-2-4-7-18)24(29-26(31)28-17)20-10-12-22(13-11-20)32-16-19-8-5-9-21(27)14-19/h2-14,24H,15-16H2,1H3,(H2,28,29,31). The van der Waals surface area contributed by atoms with Crippen LogP contribution in [0.3, 0.4) is 0 Å². The molecule has 4 rings (SSSR count). The number of hydrogen-bond donors (Lipinski definition) is 2. The van der Waals surface area contributed by atoms with Gasteiger partial charge in [-0.25, -0.2) is 9.59 Å². The predicted octanol–water partition coefficient (Wildman–Crippen LogP) is 5.29. The largest absolute Gasteiger partial charge is 0.489 e. The number of allylic oxidation sites excluding steroid dienone is 1. The molecule has 1 heterocycles. The minimum absolute atomic E-state index is 0.146. The van der Waals surface area contributed by atoms with Crippen LogP contribution in [0.2, 0.25) is 5.02 Å². The predicted molar refractivity (Wildman–Crippen MR) is 126 cm³/mol. The van der Waals surface area contributed by atoms with Gasteiger partial charge in [-0.05, 0) is 47.9 Å². The number of ether oxygens (including phenoxy) is 2. The Morgan fingerprint density at radius 3 is 2.39 bits per heavy atom. The van der Waals surface area contributed by atoms with E-state index in [-0.39, 0.29) is 12.6 Å². The summed E-state index contributed by atoms with van der Waals surface area (Å²) in [6, 6.07) is 23.1. The second kappa shape index (κ2) is 10.2. The summed E-state index contributed by atoms with van der Waals surface area (Å²) in [5.41, 5.74) is 3.40. The third-order valence-electron chi connectivity index (χ3n) is 5.21. The van der Waals surface area contributed by atoms with Crippen LogP contribution in [0.15, 0.2) is 90.1 Å². The monoisotopic (exact) mass is 462 g/mol. The maximum absolute atomic E-state index is 12.9. The summed E-state index contributed by atoms with van der Waals surface area (Å²) in [6.45, 7) is 2.21. The molecule has 0 aromatic heterocycles. The highest BCUT2D eigenvalue weighted by Gasteiger charge is 2.32. The number of benzene rings is 3. The van der Waals surface area contributed by atoms with Crippen molar-refractivity contribution in [3.63, 3.8) is 0 Å². The van der Waals surface area contributed by atoms with Crippen molar-refractivity contribution in [2.24, 2.45) is 0 Å². The Balaban J connectivity index is 1.47. The number of hydrogen-bond acceptors (Lipinski definition) is 4. The minimum Gasteiger partial charge on any atom is -0.489 e. The lowest BCUT2D eigenvalue weighted by atomic mass is 9.95. The fourth-order valence-corrected chi connectivity index (χ4v) is 3.78. The van der Waals surface area contributed by atoms with Gasteiger partial charge in [0.25, 0.3) is 0 Å². The molecule has 0 saturated heterocycles. The number of carbonyl (C=O) groups excluding carboxylic acids is 2. The molecular weight excluding hydrogens is 440 g/mol. The van der Waals surface area contributed by atoms with Crippen LogP contribution in [0.1, 0.15) is 29.7 Å². The van der Waals surface area contributed by atoms with Crippen molar-refractivity contribution >= 4 is 23.6 Å². The lowest BCUT2D eigenvalue weighted by Crippen LogP contribution is -2.45. The van der Waals surface area contributed by atoms with E-state index in [4.69, 9.17) is 21.1 Å². The number of halogens is 1. The molecule has 1 aliphatic rings. The van der Waals surface area contributed by atoms with Gasteiger partial charge in [0.05, 0.1) is 11.6 Å². The van der Waals surface area contributed by atoms with Crippen LogP contribution in [0.5, 0.6) is 5.75 Å². The maximum atomic E-state index is 12.9. The number of amides is 2. The first-order valence-corrected chi connectivity index (χ1v) is 10.8. The minimum atomic E-state index is -0.635. The normalized spacial score (nSPS) is 15.5. The van der Waals surface area contributed by atoms with Crippen LogP contribution in [-0.2, 0) is 22.7 Å². The van der Waals surface area contributed by atoms with Gasteiger partial charge in [0.1, 0.15) is 19.0 Å². The first kappa shape index (κ1) is 22.4. The van der Waals surface area contributed by atoms with Crippen molar-refractivity contribution in [3.8, 4) is 5.75 Å². The summed E-state index contributed by atoms with van der Waals surface area (Å²) in [5.74, 6) is 0.169. The lowest BCUT2D eigenvalue weighted by molar-refractivity contribution is -0.140. The van der Waals surface area contributed by atoms with Crippen LogP contribution in [0, 0.1) is 0 Å². The number of esters is 1. The van der Waals surface area contributed by atoms with Crippen LogP contribution < -0.4 is 15.4 Å². The smallest absolute Gasteiger partial charge is 0.338 e. The Morgan fingerprint density at radius 2 is 1.67 bits per heavy atom. The Hall–Kier alpha value is -3.77. The highest BCUT2D eigenvalue weighted by Crippen LogP contribution is 2.29. The summed E-state index contributed by atoms with van der Waals surface area (Å²) >= 11 is 6.02. The highest BCUT2D eigenvalue weighted by molar-refractivity contribution is 6.30. The maximum Gasteiger partial charge on any atom is 0.338 e. The third-order valence-corrected chi connectivity index (χ3v) is 5.44. The van der Waals surface area contributed by atoms with Crippen molar-refractivity contribution in [1.29, 1.82) is 0 Å². The zero-order valence-corrected chi connectivity index (χ0v) is 18.8. The number of rotatable bonds is 7. The third kappa shape index (κ3) is 5.73. The Kier molecular flexibility index (Phi) is 6.95. The van der Waals surface area contributed by atoms with E-state index < -0.39 is 12.0 Å². The van der Waals surface area contributed by atoms with Gasteiger partial charge in [0.15, 0.2) is 0 Å². The number of urea groups is 1. The molecule has 0 saturated carbocycles. The average Bonchev–Trinajstić information content (AvgIpc) is 2.82. The van der Waals surface area contributed by atoms with Crippen LogP contribution in [0.4, 0.5) is 4.79 Å². The van der Waals surface area contributed by atoms with Gasteiger partial charge in [-0.3, -0.25) is 0 Å². The molecule has 3 aromatic carbocycles. The van der Waals surface area contributed by atoms with Gasteiger partial charge >= 0.3 is 12.0 Å². The molecule has 1 unspecified atom stereocenters. The van der Waals surface area contributed by atoms with Crippen molar-refractivity contribution in [2.75, 3.05) is 0 Å². The molecule has 3 aromatic rings. The van der Waals surface area contributed by atoms with E-state index in [9.17, 15) is 9.59 Å². The van der Waals surface area contributed by atoms with Gasteiger partial charge in [-0.2, -0.15) is 0 Å². The Bertz CT molecular complexity index is 1180. The van der Waals surface area contributed by atoms with Crippen molar-refractivity contribution in [1.82, 2.24) is 10.6 Å². The van der Waals surface area contributed by atoms with E-state index in [1.165, 1.54) is 0 Å². The molecule has 2 N–H and O–H groups in total. The molecule has 1 aliphatic heterocycles. The zero-order valence-electron chi connectivity index (χ0n) is 18.0. The van der Waals surface area contributed by atoms with E-state index in [0.29, 0.717) is 28.6 Å². The molecule has 6 nitrogen and oxygen atoms in total. The van der Waals surface area contributed by atoms with E-state index in [2.05, 4.69) is 10.6 Å². The number of nitrogens with one attached hydrogen (secondary N) is 2. The zero-order chi connectivity index (χ0) is 23.2. The summed E-state index contributed by atoms with van der Waals surface area (Å²) < 4.78 is 11.4. The summed E-state index contributed by atoms with van der Waals surface area (Å²) in [6.07, 6.45) is 0. The van der Waals surface area contributed by atoms with Crippen LogP contribution >= 0.6 is 11.6 Å². The molecule has 0 spiro atoms. The molecule has 7 heteroatoms. The molecule has 2 amide bonds. The van der Waals surface area contributed by atoms with E-state index in [1.54, 1.807) is 19.1 Å². The second-order valence-corrected chi connectivity index (χ2v) is 8.06. The SMILES string of the molecule is CC1=C(C(=O)OCc2ccccc2)C(c2ccc(OCc3cccc(Cl)c3)cc2)NC(=O)N1. The van der Waals surface area contributed by atoms with E-state index >= 15 is 0 Å². The van der Waals surface area contributed by atoms with E-state index in [0.717, 1.165) is 16.7 Å². The van der Waals surface area contributed by atoms with Crippen molar-refractivity contribution < 1.29 is 19.1 Å². The van der Waals surface area contributed by atoms with Gasteiger partial charge in [0.2, 0.25) is 0 Å². The molecule has 168 valence electrons. The van der Waals surface area contributed by atoms with E-state index in [1.807, 2.05) is 66.7 Å². The average molecular weight is 463 g/mol. The summed E-state index contributed by atoms with van der Waals surface area (Å²) in [5, 5.41) is 6.12. The first-order chi connectivity index (χ1) is 16.0. The van der Waals surface area contributed by atoms with Gasteiger partial charge in [-0.15, -0.1) is 0 Å². The molecule has 0 aliphatic carbocycles. The van der Waals surface area contributed by atoms with Gasteiger partial charge in [-0.1, -0.05) is 66.2 Å². The molecule has 1 atom stereocenters. The number of carbonyl (C=O) groups is 2. The van der Waals surface area contributed by atoms with Crippen LogP contribution in [0.25, 0.3) is 0 Å². The van der Waals surface area contributed by atoms with Crippen LogP contribution in [-0.4, -0.2) is 12.0 Å². The molecule has 0 radical (unpaired) electrons. The molecule has 0 bridgehead atoms. The molecular formula is C26H23ClN2O4. The second-order valence-electron chi connectivity index (χ2n) is 7.62. The molecule has 0 fully saturated rings. The quantitative estimate of drug-likeness (QED) is 0.468. The van der Waals surface area contributed by atoms with Crippen molar-refractivity contribution in [2.45, 2.75) is 26.2 Å². The summed E-state index contributed by atoms with van der Waals surface area (Å²) in [7, 11) is 0. The Morgan fingerprint density at radius 1 is 0.939 bits per heavy atom. The Labute approximate surface area is 197 Å². The van der Waals surface area contributed by atoms with Gasteiger partial charge < -0.3 is 20.1 Å². The topological polar surface area (TPSA) is 76.7 Å². The van der Waals surface area contributed by atoms with Gasteiger partial charge in [0, 0.05) is 10.7 Å². The molecule has 33 heavy (non-hydrogen) atoms. The highest BCUT2D eigenvalue weighted by atomic mass is 35.5. The first-order valence-electron chi connectivity index (χ1n) is 10.5.